The molecule has 0 spiro atoms. The number of hydrogen-bond donors (Lipinski definition) is 0. The third-order valence-electron chi connectivity index (χ3n) is 2.37. The number of nitrogens with zero attached hydrogens (tertiary/aromatic N) is 3. The van der Waals surface area contributed by atoms with Crippen molar-refractivity contribution >= 4 is 20.0 Å². The number of hydrogen-bond acceptors (Lipinski definition) is 4. The Hall–Kier alpha value is -1.35. The van der Waals surface area contributed by atoms with E-state index in [4.69, 9.17) is 0 Å². The molecule has 0 fully saturated rings. The molecule has 0 aromatic carbocycles. The van der Waals surface area contributed by atoms with E-state index in [1.54, 1.807) is 0 Å². The summed E-state index contributed by atoms with van der Waals surface area (Å²) in [5.74, 6) is 0. The Labute approximate surface area is 140 Å². The Bertz CT molecular complexity index is 710. The van der Waals surface area contributed by atoms with Crippen molar-refractivity contribution in [3.63, 3.8) is 0 Å². The van der Waals surface area contributed by atoms with Crippen LogP contribution in [-0.2, 0) is 33.6 Å². The van der Waals surface area contributed by atoms with Gasteiger partial charge in [0.2, 0.25) is 6.33 Å². The summed E-state index contributed by atoms with van der Waals surface area (Å²) >= 11 is 0. The predicted octanol–water partition coefficient (Wildman–Crippen LogP) is 2.17. The van der Waals surface area contributed by atoms with Gasteiger partial charge in [-0.05, 0) is 6.42 Å². The van der Waals surface area contributed by atoms with Gasteiger partial charge in [-0.2, -0.15) is 26.3 Å². The Morgan fingerprint density at radius 2 is 1.44 bits per heavy atom. The fourth-order valence-electron chi connectivity index (χ4n) is 1.19. The van der Waals surface area contributed by atoms with Crippen LogP contribution >= 0.6 is 0 Å². The van der Waals surface area contributed by atoms with Crippen molar-refractivity contribution in [1.82, 2.24) is 4.57 Å². The molecule has 0 saturated carbocycles. The molecule has 25 heavy (non-hydrogen) atoms. The smallest absolute Gasteiger partial charge is 0.421 e. The second kappa shape index (κ2) is 8.35. The van der Waals surface area contributed by atoms with Crippen LogP contribution in [0.4, 0.5) is 26.3 Å². The van der Waals surface area contributed by atoms with Gasteiger partial charge in [-0.1, -0.05) is 13.3 Å². The van der Waals surface area contributed by atoms with Crippen LogP contribution < -0.4 is 4.57 Å². The van der Waals surface area contributed by atoms with Crippen LogP contribution in [0.2, 0.25) is 0 Å². The Balaban J connectivity index is 0.000000496. The molecule has 1 rings (SSSR count). The molecule has 0 atom stereocenters. The first-order chi connectivity index (χ1) is 11.0. The van der Waals surface area contributed by atoms with Crippen LogP contribution in [0.3, 0.4) is 0 Å². The first kappa shape index (κ1) is 23.6. The van der Waals surface area contributed by atoms with E-state index in [1.807, 2.05) is 7.05 Å². The summed E-state index contributed by atoms with van der Waals surface area (Å²) in [5.41, 5.74) is -12.4. The Kier molecular flexibility index (Phi) is 7.90. The maximum Gasteiger partial charge on any atom is 0.480 e. The minimum atomic E-state index is -6.72. The zero-order valence-electron chi connectivity index (χ0n) is 12.9. The van der Waals surface area contributed by atoms with E-state index in [2.05, 4.69) is 34.8 Å². The number of sulfonamides is 2. The molecule has 1 aromatic heterocycles. The van der Waals surface area contributed by atoms with Gasteiger partial charge in [-0.3, -0.25) is 0 Å². The van der Waals surface area contributed by atoms with E-state index in [9.17, 15) is 43.2 Å². The van der Waals surface area contributed by atoms with Crippen molar-refractivity contribution in [2.24, 2.45) is 7.05 Å². The molecular formula is C10H15F6N3O4S2. The van der Waals surface area contributed by atoms with E-state index in [0.29, 0.717) is 0 Å². The van der Waals surface area contributed by atoms with Crippen LogP contribution in [-0.4, -0.2) is 32.4 Å². The normalized spacial score (nSPS) is 13.3. The SMILES string of the molecule is CCCCn1cc[n+](C)c1.O=S(=O)([N-]S(=O)(=O)C(F)(F)F)C(F)(F)F. The second-order valence-corrected chi connectivity index (χ2v) is 8.01. The van der Waals surface area contributed by atoms with Crippen LogP contribution in [0.15, 0.2) is 18.7 Å². The molecule has 7 nitrogen and oxygen atoms in total. The fraction of sp³-hybridized carbons (Fsp3) is 0.700. The van der Waals surface area contributed by atoms with Gasteiger partial charge in [-0.25, -0.2) is 26.0 Å². The minimum Gasteiger partial charge on any atom is -0.421 e. The molecule has 0 saturated heterocycles. The minimum absolute atomic E-state index is 0.778. The maximum absolute atomic E-state index is 11.4. The third kappa shape index (κ3) is 7.60. The molecular weight excluding hydrogens is 404 g/mol. The summed E-state index contributed by atoms with van der Waals surface area (Å²) in [4.78, 5) is 0. The average Bonchev–Trinajstić information content (AvgIpc) is 2.79. The maximum atomic E-state index is 11.4. The number of halogens is 6. The zero-order valence-corrected chi connectivity index (χ0v) is 14.5. The lowest BCUT2D eigenvalue weighted by Crippen LogP contribution is -2.30. The van der Waals surface area contributed by atoms with E-state index in [-0.39, 0.29) is 0 Å². The number of aromatic nitrogens is 2. The summed E-state index contributed by atoms with van der Waals surface area (Å²) in [5, 5.41) is 0. The number of rotatable bonds is 5. The number of alkyl halides is 6. The van der Waals surface area contributed by atoms with E-state index >= 15 is 0 Å². The highest BCUT2D eigenvalue weighted by molar-refractivity contribution is 8.13. The summed E-state index contributed by atoms with van der Waals surface area (Å²) in [7, 11) is -11.4. The summed E-state index contributed by atoms with van der Waals surface area (Å²) in [6.07, 6.45) is 8.82. The molecule has 148 valence electrons. The highest BCUT2D eigenvalue weighted by Gasteiger charge is 2.46. The van der Waals surface area contributed by atoms with E-state index in [0.717, 1.165) is 10.7 Å². The molecule has 15 heteroatoms. The van der Waals surface area contributed by atoms with Gasteiger partial charge >= 0.3 is 11.0 Å². The van der Waals surface area contributed by atoms with Gasteiger partial charge in [-0.15, -0.1) is 0 Å². The lowest BCUT2D eigenvalue weighted by molar-refractivity contribution is -0.671. The van der Waals surface area contributed by atoms with Crippen molar-refractivity contribution in [2.75, 3.05) is 0 Å². The third-order valence-corrected chi connectivity index (χ3v) is 5.11. The van der Waals surface area contributed by atoms with Crippen LogP contribution in [0.25, 0.3) is 4.13 Å². The molecule has 0 N–H and O–H groups in total. The average molecular weight is 419 g/mol. The zero-order chi connectivity index (χ0) is 20.1. The number of imidazole rings is 1. The summed E-state index contributed by atoms with van der Waals surface area (Å²) < 4.78 is 113. The molecule has 0 aliphatic heterocycles. The first-order valence-electron chi connectivity index (χ1n) is 6.41. The van der Waals surface area contributed by atoms with Gasteiger partial charge in [0.1, 0.15) is 12.4 Å². The topological polar surface area (TPSA) is 91.2 Å². The standard InChI is InChI=1S/C8H15N2.C2F6NO4S2/c1-3-4-5-10-7-6-9(2)8-10;3-1(4,5)14(10,11)9-15(12,13)2(6,7)8/h6-8H,3-5H2,1-2H3;/q+1;-1. The number of unbranched alkanes of at least 4 members (excludes halogenated alkanes) is 1. The predicted molar refractivity (Wildman–Crippen MR) is 73.8 cm³/mol. The molecule has 0 aliphatic carbocycles. The first-order valence-corrected chi connectivity index (χ1v) is 9.29. The number of aryl methyl sites for hydroxylation is 2. The fourth-order valence-corrected chi connectivity index (χ4v) is 2.90. The lowest BCUT2D eigenvalue weighted by atomic mass is 10.3. The highest BCUT2D eigenvalue weighted by Crippen LogP contribution is 2.36. The van der Waals surface area contributed by atoms with Crippen LogP contribution in [0.5, 0.6) is 0 Å². The molecule has 0 aliphatic rings. The second-order valence-electron chi connectivity index (χ2n) is 4.59. The van der Waals surface area contributed by atoms with E-state index in [1.165, 1.54) is 12.8 Å². The molecule has 0 unspecified atom stereocenters. The molecule has 0 bridgehead atoms. The van der Waals surface area contributed by atoms with Crippen molar-refractivity contribution in [3.05, 3.63) is 22.8 Å². The summed E-state index contributed by atoms with van der Waals surface area (Å²) in [6.45, 7) is 3.36. The van der Waals surface area contributed by atoms with Gasteiger partial charge in [0.15, 0.2) is 20.0 Å². The molecule has 0 radical (unpaired) electrons. The molecule has 0 amide bonds. The molecule has 1 aromatic rings. The van der Waals surface area contributed by atoms with Gasteiger partial charge in [0.05, 0.1) is 13.6 Å². The van der Waals surface area contributed by atoms with Crippen LogP contribution in [0, 0.1) is 0 Å². The van der Waals surface area contributed by atoms with Gasteiger partial charge in [0, 0.05) is 0 Å². The summed E-state index contributed by atoms with van der Waals surface area (Å²) in [6, 6.07) is 0. The highest BCUT2D eigenvalue weighted by atomic mass is 32.3. The Morgan fingerprint density at radius 1 is 1.00 bits per heavy atom. The monoisotopic (exact) mass is 419 g/mol. The lowest BCUT2D eigenvalue weighted by Gasteiger charge is -2.22. The van der Waals surface area contributed by atoms with Gasteiger partial charge in [0.25, 0.3) is 0 Å². The largest absolute Gasteiger partial charge is 0.480 e. The quantitative estimate of drug-likeness (QED) is 0.540. The van der Waals surface area contributed by atoms with Crippen molar-refractivity contribution in [3.8, 4) is 0 Å². The van der Waals surface area contributed by atoms with Gasteiger partial charge < -0.3 is 4.13 Å². The molecule has 1 heterocycles. The van der Waals surface area contributed by atoms with Crippen molar-refractivity contribution < 1.29 is 47.7 Å². The van der Waals surface area contributed by atoms with Crippen molar-refractivity contribution in [2.45, 2.75) is 37.3 Å². The van der Waals surface area contributed by atoms with E-state index < -0.39 is 31.1 Å². The Morgan fingerprint density at radius 3 is 1.72 bits per heavy atom. The van der Waals surface area contributed by atoms with Crippen molar-refractivity contribution in [1.29, 1.82) is 0 Å². The van der Waals surface area contributed by atoms with Crippen LogP contribution in [0.1, 0.15) is 19.8 Å².